The van der Waals surface area contributed by atoms with Crippen molar-refractivity contribution in [3.8, 4) is 0 Å². The molecule has 0 amide bonds. The minimum absolute atomic E-state index is 0.620. The van der Waals surface area contributed by atoms with E-state index in [0.29, 0.717) is 6.04 Å². The molecule has 3 fully saturated rings. The van der Waals surface area contributed by atoms with Crippen LogP contribution in [-0.2, 0) is 4.74 Å². The summed E-state index contributed by atoms with van der Waals surface area (Å²) in [4.78, 5) is 2.70. The highest BCUT2D eigenvalue weighted by Crippen LogP contribution is 2.34. The van der Waals surface area contributed by atoms with E-state index in [1.807, 2.05) is 7.11 Å². The van der Waals surface area contributed by atoms with Crippen molar-refractivity contribution in [1.82, 2.24) is 10.2 Å². The summed E-state index contributed by atoms with van der Waals surface area (Å²) in [6.45, 7) is 4.77. The Morgan fingerprint density at radius 2 is 2.06 bits per heavy atom. The maximum Gasteiger partial charge on any atom is 0.0618 e. The van der Waals surface area contributed by atoms with Crippen molar-refractivity contribution in [2.45, 2.75) is 44.2 Å². The number of hydrogen-bond acceptors (Lipinski definition) is 3. The predicted molar refractivity (Wildman–Crippen MR) is 69.1 cm³/mol. The summed E-state index contributed by atoms with van der Waals surface area (Å²) < 4.78 is 5.32. The Morgan fingerprint density at radius 1 is 1.24 bits per heavy atom. The summed E-state index contributed by atoms with van der Waals surface area (Å²) in [5.74, 6) is 1.78. The Morgan fingerprint density at radius 3 is 2.71 bits per heavy atom. The highest BCUT2D eigenvalue weighted by molar-refractivity contribution is 4.91. The summed E-state index contributed by atoms with van der Waals surface area (Å²) in [7, 11) is 1.82. The number of nitrogens with one attached hydrogen (secondary N) is 1. The average molecular weight is 238 g/mol. The minimum Gasteiger partial charge on any atom is -0.383 e. The van der Waals surface area contributed by atoms with Crippen LogP contribution in [0.5, 0.6) is 0 Å². The molecule has 98 valence electrons. The molecule has 2 unspecified atom stereocenters. The van der Waals surface area contributed by atoms with E-state index < -0.39 is 0 Å². The summed E-state index contributed by atoms with van der Waals surface area (Å²) in [5, 5.41) is 3.75. The van der Waals surface area contributed by atoms with Crippen molar-refractivity contribution in [3.05, 3.63) is 0 Å². The van der Waals surface area contributed by atoms with Gasteiger partial charge in [0.25, 0.3) is 0 Å². The lowest BCUT2D eigenvalue weighted by Gasteiger charge is -2.20. The van der Waals surface area contributed by atoms with Gasteiger partial charge in [-0.3, -0.25) is 0 Å². The summed E-state index contributed by atoms with van der Waals surface area (Å²) in [6, 6.07) is 1.58. The molecule has 0 aromatic rings. The summed E-state index contributed by atoms with van der Waals surface area (Å²) in [6.07, 6.45) is 7.11. The van der Waals surface area contributed by atoms with Crippen LogP contribution in [0.25, 0.3) is 0 Å². The topological polar surface area (TPSA) is 24.5 Å². The Kier molecular flexibility index (Phi) is 3.69. The van der Waals surface area contributed by atoms with Crippen LogP contribution >= 0.6 is 0 Å². The first-order valence-corrected chi connectivity index (χ1v) is 7.33. The lowest BCUT2D eigenvalue weighted by Crippen LogP contribution is -2.39. The van der Waals surface area contributed by atoms with E-state index in [0.717, 1.165) is 24.5 Å². The lowest BCUT2D eigenvalue weighted by molar-refractivity contribution is 0.155. The molecule has 0 spiro atoms. The van der Waals surface area contributed by atoms with Crippen molar-refractivity contribution in [2.75, 3.05) is 33.4 Å². The van der Waals surface area contributed by atoms with Gasteiger partial charge in [0.1, 0.15) is 0 Å². The van der Waals surface area contributed by atoms with E-state index in [4.69, 9.17) is 4.74 Å². The van der Waals surface area contributed by atoms with E-state index in [9.17, 15) is 0 Å². The highest BCUT2D eigenvalue weighted by atomic mass is 16.5. The monoisotopic (exact) mass is 238 g/mol. The first kappa shape index (κ1) is 11.9. The maximum absolute atomic E-state index is 5.32. The number of rotatable bonds is 7. The molecule has 2 aliphatic carbocycles. The molecule has 1 N–H and O–H groups in total. The van der Waals surface area contributed by atoms with Gasteiger partial charge in [-0.1, -0.05) is 0 Å². The largest absolute Gasteiger partial charge is 0.383 e. The molecule has 0 bridgehead atoms. The van der Waals surface area contributed by atoms with Crippen molar-refractivity contribution in [2.24, 2.45) is 11.8 Å². The maximum atomic E-state index is 5.32. The SMILES string of the molecule is COCC(NCC1CCN(C2CC2)C1)C1CC1. The van der Waals surface area contributed by atoms with E-state index in [2.05, 4.69) is 10.2 Å². The zero-order valence-electron chi connectivity index (χ0n) is 11.0. The van der Waals surface area contributed by atoms with Crippen LogP contribution < -0.4 is 5.32 Å². The number of ether oxygens (including phenoxy) is 1. The third-order valence-electron chi connectivity index (χ3n) is 4.59. The average Bonchev–Trinajstić information content (AvgIpc) is 3.23. The van der Waals surface area contributed by atoms with Crippen LogP contribution in [0.4, 0.5) is 0 Å². The molecular weight excluding hydrogens is 212 g/mol. The molecule has 1 saturated heterocycles. The van der Waals surface area contributed by atoms with Gasteiger partial charge in [0.2, 0.25) is 0 Å². The second kappa shape index (κ2) is 5.25. The lowest BCUT2D eigenvalue weighted by atomic mass is 10.1. The fourth-order valence-corrected chi connectivity index (χ4v) is 3.16. The zero-order chi connectivity index (χ0) is 11.7. The van der Waals surface area contributed by atoms with E-state index in [1.54, 1.807) is 0 Å². The number of nitrogens with zero attached hydrogens (tertiary/aromatic N) is 1. The molecular formula is C14H26N2O. The van der Waals surface area contributed by atoms with Crippen molar-refractivity contribution in [1.29, 1.82) is 0 Å². The van der Waals surface area contributed by atoms with Gasteiger partial charge in [0, 0.05) is 25.7 Å². The van der Waals surface area contributed by atoms with Crippen molar-refractivity contribution < 1.29 is 4.74 Å². The first-order valence-electron chi connectivity index (χ1n) is 7.33. The van der Waals surface area contributed by atoms with Gasteiger partial charge >= 0.3 is 0 Å². The Hall–Kier alpha value is -0.120. The molecule has 0 aromatic heterocycles. The molecule has 0 radical (unpaired) electrons. The smallest absolute Gasteiger partial charge is 0.0618 e. The molecule has 2 saturated carbocycles. The van der Waals surface area contributed by atoms with Crippen LogP contribution in [0.15, 0.2) is 0 Å². The molecule has 3 aliphatic rings. The second-order valence-electron chi connectivity index (χ2n) is 6.19. The number of methoxy groups -OCH3 is 1. The fraction of sp³-hybridized carbons (Fsp3) is 1.00. The molecule has 3 rings (SSSR count). The standard InChI is InChI=1S/C14H26N2O/c1-17-10-14(12-2-3-12)15-8-11-6-7-16(9-11)13-4-5-13/h11-15H,2-10H2,1H3. The van der Waals surface area contributed by atoms with Crippen LogP contribution in [0.1, 0.15) is 32.1 Å². The fourth-order valence-electron chi connectivity index (χ4n) is 3.16. The molecule has 2 atom stereocenters. The third-order valence-corrected chi connectivity index (χ3v) is 4.59. The second-order valence-corrected chi connectivity index (χ2v) is 6.19. The Bertz CT molecular complexity index is 251. The summed E-state index contributed by atoms with van der Waals surface area (Å²) >= 11 is 0. The van der Waals surface area contributed by atoms with Gasteiger partial charge in [-0.2, -0.15) is 0 Å². The molecule has 1 heterocycles. The van der Waals surface area contributed by atoms with Gasteiger partial charge in [0.05, 0.1) is 6.61 Å². The normalized spacial score (nSPS) is 31.9. The Labute approximate surface area is 105 Å². The number of hydrogen-bond donors (Lipinski definition) is 1. The van der Waals surface area contributed by atoms with Crippen LogP contribution in [0.3, 0.4) is 0 Å². The van der Waals surface area contributed by atoms with E-state index in [-0.39, 0.29) is 0 Å². The molecule has 0 aromatic carbocycles. The summed E-state index contributed by atoms with van der Waals surface area (Å²) in [5.41, 5.74) is 0. The van der Waals surface area contributed by atoms with Crippen molar-refractivity contribution >= 4 is 0 Å². The van der Waals surface area contributed by atoms with Crippen LogP contribution in [0, 0.1) is 11.8 Å². The predicted octanol–water partition coefficient (Wildman–Crippen LogP) is 1.49. The minimum atomic E-state index is 0.620. The van der Waals surface area contributed by atoms with Gasteiger partial charge < -0.3 is 15.0 Å². The van der Waals surface area contributed by atoms with Gasteiger partial charge in [-0.15, -0.1) is 0 Å². The number of likely N-dealkylation sites (tertiary alicyclic amines) is 1. The highest BCUT2D eigenvalue weighted by Gasteiger charge is 2.35. The molecule has 17 heavy (non-hydrogen) atoms. The van der Waals surface area contributed by atoms with Gasteiger partial charge in [0.15, 0.2) is 0 Å². The van der Waals surface area contributed by atoms with Gasteiger partial charge in [-0.25, -0.2) is 0 Å². The molecule has 3 nitrogen and oxygen atoms in total. The third kappa shape index (κ3) is 3.21. The van der Waals surface area contributed by atoms with Crippen LogP contribution in [0.2, 0.25) is 0 Å². The molecule has 3 heteroatoms. The molecule has 1 aliphatic heterocycles. The van der Waals surface area contributed by atoms with Gasteiger partial charge in [-0.05, 0) is 57.0 Å². The van der Waals surface area contributed by atoms with Crippen molar-refractivity contribution in [3.63, 3.8) is 0 Å². The quantitative estimate of drug-likeness (QED) is 0.727. The Balaban J connectivity index is 1.38. The van der Waals surface area contributed by atoms with E-state index >= 15 is 0 Å². The first-order chi connectivity index (χ1) is 8.36. The van der Waals surface area contributed by atoms with Crippen LogP contribution in [-0.4, -0.2) is 50.3 Å². The van der Waals surface area contributed by atoms with E-state index in [1.165, 1.54) is 51.7 Å². The zero-order valence-corrected chi connectivity index (χ0v) is 11.0.